The Balaban J connectivity index is 1.64. The number of nitrogens with two attached hydrogens (primary N) is 1. The summed E-state index contributed by atoms with van der Waals surface area (Å²) >= 11 is 8.03. The number of aromatic nitrogens is 2. The quantitative estimate of drug-likeness (QED) is 0.688. The lowest BCUT2D eigenvalue weighted by molar-refractivity contribution is -0.729. The van der Waals surface area contributed by atoms with Gasteiger partial charge in [-0.3, -0.25) is 4.79 Å². The largest absolute Gasteiger partial charge is 0.332 e. The SMILES string of the molecule is C[C@@H]1CCc2c(sc3nc([C@@H](C)[NH2+][C@@H](C)c4ccccc4Cl)[nH]c(=O)c23)C1. The number of halogens is 1. The van der Waals surface area contributed by atoms with Gasteiger partial charge < -0.3 is 10.3 Å². The molecule has 2 heterocycles. The lowest BCUT2D eigenvalue weighted by atomic mass is 9.89. The highest BCUT2D eigenvalue weighted by Crippen LogP contribution is 2.35. The Morgan fingerprint density at radius 1 is 1.30 bits per heavy atom. The molecule has 3 N–H and O–H groups in total. The molecular formula is C21H25ClN3OS+. The summed E-state index contributed by atoms with van der Waals surface area (Å²) in [6.45, 7) is 6.48. The van der Waals surface area contributed by atoms with Crippen LogP contribution in [0.5, 0.6) is 0 Å². The van der Waals surface area contributed by atoms with Gasteiger partial charge in [-0.05, 0) is 50.7 Å². The van der Waals surface area contributed by atoms with Crippen molar-refractivity contribution in [2.75, 3.05) is 0 Å². The molecule has 6 heteroatoms. The number of benzene rings is 1. The van der Waals surface area contributed by atoms with E-state index in [0.29, 0.717) is 5.92 Å². The molecule has 27 heavy (non-hydrogen) atoms. The summed E-state index contributed by atoms with van der Waals surface area (Å²) in [5, 5.41) is 3.78. The highest BCUT2D eigenvalue weighted by Gasteiger charge is 2.25. The second-order valence-electron chi connectivity index (χ2n) is 7.77. The average Bonchev–Trinajstić information content (AvgIpc) is 2.99. The van der Waals surface area contributed by atoms with Crippen molar-refractivity contribution in [3.05, 3.63) is 61.5 Å². The fourth-order valence-electron chi connectivity index (χ4n) is 4.05. The van der Waals surface area contributed by atoms with Crippen LogP contribution in [0.3, 0.4) is 0 Å². The first-order chi connectivity index (χ1) is 12.9. The predicted octanol–water partition coefficient (Wildman–Crippen LogP) is 4.15. The van der Waals surface area contributed by atoms with E-state index in [9.17, 15) is 4.79 Å². The molecule has 0 saturated carbocycles. The van der Waals surface area contributed by atoms with Crippen molar-refractivity contribution in [1.82, 2.24) is 9.97 Å². The van der Waals surface area contributed by atoms with E-state index in [1.54, 1.807) is 11.3 Å². The molecule has 3 atom stereocenters. The fraction of sp³-hybridized carbons (Fsp3) is 0.429. The van der Waals surface area contributed by atoms with Crippen molar-refractivity contribution in [1.29, 1.82) is 0 Å². The molecule has 0 bridgehead atoms. The van der Waals surface area contributed by atoms with Crippen LogP contribution in [0.25, 0.3) is 10.2 Å². The van der Waals surface area contributed by atoms with Crippen molar-refractivity contribution in [2.24, 2.45) is 5.92 Å². The van der Waals surface area contributed by atoms with Gasteiger partial charge in [0.2, 0.25) is 0 Å². The molecule has 0 saturated heterocycles. The second kappa shape index (κ2) is 7.38. The number of hydrogen-bond donors (Lipinski definition) is 2. The van der Waals surface area contributed by atoms with Crippen LogP contribution in [0, 0.1) is 5.92 Å². The van der Waals surface area contributed by atoms with E-state index in [2.05, 4.69) is 31.1 Å². The summed E-state index contributed by atoms with van der Waals surface area (Å²) in [5.41, 5.74) is 2.33. The molecule has 0 spiro atoms. The van der Waals surface area contributed by atoms with E-state index < -0.39 is 0 Å². The first kappa shape index (κ1) is 18.7. The number of rotatable bonds is 4. The van der Waals surface area contributed by atoms with E-state index in [1.165, 1.54) is 10.4 Å². The minimum atomic E-state index is 0.00713. The summed E-state index contributed by atoms with van der Waals surface area (Å²) in [5.74, 6) is 1.42. The minimum Gasteiger partial charge on any atom is -0.332 e. The number of aromatic amines is 1. The number of nitrogens with zero attached hydrogens (tertiary/aromatic N) is 1. The summed E-state index contributed by atoms with van der Waals surface area (Å²) in [6, 6.07) is 8.10. The van der Waals surface area contributed by atoms with Crippen LogP contribution in [0.2, 0.25) is 5.02 Å². The molecule has 1 aromatic carbocycles. The van der Waals surface area contributed by atoms with E-state index >= 15 is 0 Å². The third-order valence-corrected chi connectivity index (χ3v) is 7.08. The lowest BCUT2D eigenvalue weighted by Crippen LogP contribution is -2.85. The Morgan fingerprint density at radius 3 is 2.85 bits per heavy atom. The molecule has 142 valence electrons. The molecular weight excluding hydrogens is 378 g/mol. The molecule has 0 aliphatic heterocycles. The highest BCUT2D eigenvalue weighted by molar-refractivity contribution is 7.18. The van der Waals surface area contributed by atoms with Gasteiger partial charge in [0.05, 0.1) is 5.39 Å². The maximum atomic E-state index is 12.8. The minimum absolute atomic E-state index is 0.00713. The summed E-state index contributed by atoms with van der Waals surface area (Å²) in [6.07, 6.45) is 3.21. The molecule has 0 fully saturated rings. The summed E-state index contributed by atoms with van der Waals surface area (Å²) < 4.78 is 0. The maximum absolute atomic E-state index is 12.8. The van der Waals surface area contributed by atoms with Crippen LogP contribution in [0.15, 0.2) is 29.1 Å². The zero-order valence-corrected chi connectivity index (χ0v) is 17.5. The predicted molar refractivity (Wildman–Crippen MR) is 112 cm³/mol. The van der Waals surface area contributed by atoms with Gasteiger partial charge in [-0.1, -0.05) is 36.7 Å². The monoisotopic (exact) mass is 402 g/mol. The third-order valence-electron chi connectivity index (χ3n) is 5.59. The Hall–Kier alpha value is -1.69. The highest BCUT2D eigenvalue weighted by atomic mass is 35.5. The van der Waals surface area contributed by atoms with Gasteiger partial charge >= 0.3 is 0 Å². The van der Waals surface area contributed by atoms with Crippen LogP contribution in [0.1, 0.15) is 61.1 Å². The van der Waals surface area contributed by atoms with E-state index in [-0.39, 0.29) is 17.6 Å². The zero-order valence-electron chi connectivity index (χ0n) is 15.9. The Morgan fingerprint density at radius 2 is 2.07 bits per heavy atom. The second-order valence-corrected chi connectivity index (χ2v) is 9.27. The molecule has 0 amide bonds. The Labute approximate surface area is 168 Å². The van der Waals surface area contributed by atoms with Crippen molar-refractivity contribution in [3.8, 4) is 0 Å². The standard InChI is InChI=1S/C21H24ClN3OS/c1-11-8-9-15-17(10-11)27-21-18(15)20(26)24-19(25-21)13(3)23-12(2)14-6-4-5-7-16(14)22/h4-7,11-13,23H,8-10H2,1-3H3,(H,24,25,26)/p+1/t11-,12+,13-/m1/s1. The van der Waals surface area contributed by atoms with Gasteiger partial charge in [0.1, 0.15) is 16.9 Å². The number of nitrogens with one attached hydrogen (secondary N) is 1. The van der Waals surface area contributed by atoms with Crippen LogP contribution in [-0.2, 0) is 12.8 Å². The van der Waals surface area contributed by atoms with Gasteiger partial charge in [0, 0.05) is 15.5 Å². The van der Waals surface area contributed by atoms with E-state index in [4.69, 9.17) is 16.6 Å². The Bertz CT molecular complexity index is 1040. The van der Waals surface area contributed by atoms with Crippen LogP contribution >= 0.6 is 22.9 Å². The van der Waals surface area contributed by atoms with Crippen molar-refractivity contribution < 1.29 is 5.32 Å². The first-order valence-corrected chi connectivity index (χ1v) is 10.8. The van der Waals surface area contributed by atoms with Gasteiger partial charge in [0.25, 0.3) is 5.56 Å². The molecule has 1 aliphatic rings. The molecule has 4 nitrogen and oxygen atoms in total. The molecule has 0 radical (unpaired) electrons. The first-order valence-electron chi connectivity index (χ1n) is 9.58. The molecule has 1 aliphatic carbocycles. The smallest absolute Gasteiger partial charge is 0.260 e. The molecule has 0 unspecified atom stereocenters. The number of thiophene rings is 1. The number of aryl methyl sites for hydroxylation is 1. The molecule has 4 rings (SSSR count). The molecule has 2 aromatic heterocycles. The van der Waals surface area contributed by atoms with Gasteiger partial charge in [0.15, 0.2) is 5.82 Å². The number of fused-ring (bicyclic) bond motifs is 3. The van der Waals surface area contributed by atoms with Gasteiger partial charge in [-0.15, -0.1) is 11.3 Å². The number of quaternary nitrogens is 1. The van der Waals surface area contributed by atoms with Crippen LogP contribution in [0.4, 0.5) is 0 Å². The number of hydrogen-bond acceptors (Lipinski definition) is 3. The zero-order chi connectivity index (χ0) is 19.1. The fourth-order valence-corrected chi connectivity index (χ4v) is 5.75. The van der Waals surface area contributed by atoms with Crippen LogP contribution < -0.4 is 10.9 Å². The number of H-pyrrole nitrogens is 1. The summed E-state index contributed by atoms with van der Waals surface area (Å²) in [7, 11) is 0. The van der Waals surface area contributed by atoms with Crippen LogP contribution in [-0.4, -0.2) is 9.97 Å². The Kier molecular flexibility index (Phi) is 5.10. The van der Waals surface area contributed by atoms with Crippen molar-refractivity contribution in [3.63, 3.8) is 0 Å². The van der Waals surface area contributed by atoms with Gasteiger partial charge in [-0.25, -0.2) is 4.98 Å². The lowest BCUT2D eigenvalue weighted by Gasteiger charge is -2.18. The van der Waals surface area contributed by atoms with E-state index in [1.807, 2.05) is 24.3 Å². The van der Waals surface area contributed by atoms with Crippen molar-refractivity contribution >= 4 is 33.2 Å². The maximum Gasteiger partial charge on any atom is 0.260 e. The molecule has 3 aromatic rings. The summed E-state index contributed by atoms with van der Waals surface area (Å²) in [4.78, 5) is 22.9. The normalized spacial score (nSPS) is 19.0. The van der Waals surface area contributed by atoms with Gasteiger partial charge in [-0.2, -0.15) is 0 Å². The topological polar surface area (TPSA) is 62.4 Å². The van der Waals surface area contributed by atoms with Crippen molar-refractivity contribution in [2.45, 2.75) is 52.1 Å². The average molecular weight is 403 g/mol. The van der Waals surface area contributed by atoms with E-state index in [0.717, 1.165) is 45.9 Å². The third kappa shape index (κ3) is 3.56.